The quantitative estimate of drug-likeness (QED) is 0.487. The fourth-order valence-electron chi connectivity index (χ4n) is 2.21. The number of carbonyl (C=O) groups is 1. The molecule has 0 aliphatic carbocycles. The highest BCUT2D eigenvalue weighted by Crippen LogP contribution is 2.29. The van der Waals surface area contributed by atoms with Gasteiger partial charge >= 0.3 is 0 Å². The summed E-state index contributed by atoms with van der Waals surface area (Å²) in [5.41, 5.74) is 6.93. The van der Waals surface area contributed by atoms with Crippen molar-refractivity contribution in [1.82, 2.24) is 0 Å². The van der Waals surface area contributed by atoms with Crippen LogP contribution in [0, 0.1) is 5.82 Å². The fourth-order valence-corrected chi connectivity index (χ4v) is 2.21. The van der Waals surface area contributed by atoms with Crippen molar-refractivity contribution in [1.29, 1.82) is 0 Å². The summed E-state index contributed by atoms with van der Waals surface area (Å²) in [5.74, 6) is 0.553. The summed E-state index contributed by atoms with van der Waals surface area (Å²) in [7, 11) is 0. The van der Waals surface area contributed by atoms with Crippen molar-refractivity contribution in [2.24, 2.45) is 10.7 Å². The van der Waals surface area contributed by atoms with Crippen molar-refractivity contribution in [2.45, 2.75) is 13.8 Å². The topological polar surface area (TPSA) is 98.0 Å². The number of guanidine groups is 1. The summed E-state index contributed by atoms with van der Waals surface area (Å²) in [6, 6.07) is 10.8. The van der Waals surface area contributed by atoms with Gasteiger partial charge in [-0.05, 0) is 50.2 Å². The molecule has 0 saturated carbocycles. The van der Waals surface area contributed by atoms with E-state index in [2.05, 4.69) is 15.6 Å². The van der Waals surface area contributed by atoms with Crippen LogP contribution in [-0.2, 0) is 4.79 Å². The lowest BCUT2D eigenvalue weighted by atomic mass is 10.2. The average Bonchev–Trinajstić information content (AvgIpc) is 2.64. The first kappa shape index (κ1) is 20.0. The van der Waals surface area contributed by atoms with Crippen LogP contribution in [0.2, 0.25) is 0 Å². The molecule has 0 aromatic heterocycles. The van der Waals surface area contributed by atoms with Crippen LogP contribution in [0.1, 0.15) is 13.8 Å². The molecule has 2 aromatic carbocycles. The molecule has 0 saturated heterocycles. The van der Waals surface area contributed by atoms with Gasteiger partial charge in [0.1, 0.15) is 23.9 Å². The van der Waals surface area contributed by atoms with Gasteiger partial charge in [0, 0.05) is 11.8 Å². The highest BCUT2D eigenvalue weighted by molar-refractivity contribution is 5.97. The maximum Gasteiger partial charge on any atom is 0.246 e. The fraction of sp³-hybridized carbons (Fsp3) is 0.263. The van der Waals surface area contributed by atoms with Crippen LogP contribution in [0.4, 0.5) is 15.8 Å². The number of ether oxygens (including phenoxy) is 2. The Kier molecular flexibility index (Phi) is 7.42. The van der Waals surface area contributed by atoms with Gasteiger partial charge in [0.05, 0.1) is 18.9 Å². The number of nitrogens with two attached hydrogens (primary N) is 1. The Labute approximate surface area is 157 Å². The van der Waals surface area contributed by atoms with Crippen molar-refractivity contribution >= 4 is 23.2 Å². The van der Waals surface area contributed by atoms with Crippen molar-refractivity contribution in [3.05, 3.63) is 48.3 Å². The summed E-state index contributed by atoms with van der Waals surface area (Å²) in [4.78, 5) is 15.9. The van der Waals surface area contributed by atoms with Gasteiger partial charge < -0.3 is 25.8 Å². The van der Waals surface area contributed by atoms with Crippen molar-refractivity contribution in [3.63, 3.8) is 0 Å². The summed E-state index contributed by atoms with van der Waals surface area (Å²) in [6.45, 7) is 4.59. The van der Waals surface area contributed by atoms with E-state index in [1.807, 2.05) is 13.8 Å². The zero-order valence-electron chi connectivity index (χ0n) is 15.3. The zero-order valence-corrected chi connectivity index (χ0v) is 15.3. The Bertz CT molecular complexity index is 794. The average molecular weight is 374 g/mol. The van der Waals surface area contributed by atoms with Crippen LogP contribution in [0.5, 0.6) is 11.5 Å². The monoisotopic (exact) mass is 374 g/mol. The molecule has 27 heavy (non-hydrogen) atoms. The molecule has 0 atom stereocenters. The molecule has 0 spiro atoms. The second kappa shape index (κ2) is 10.0. The predicted octanol–water partition coefficient (Wildman–Crippen LogP) is 2.99. The second-order valence-electron chi connectivity index (χ2n) is 5.41. The maximum atomic E-state index is 12.9. The SMILES string of the molecule is CCOc1ccc(OCC)c(NC(N)=NCC(=O)Nc2ccc(F)cc2)c1. The first-order valence-corrected chi connectivity index (χ1v) is 8.53. The Hall–Kier alpha value is -3.29. The lowest BCUT2D eigenvalue weighted by Gasteiger charge is -2.14. The Morgan fingerprint density at radius 1 is 1.07 bits per heavy atom. The standard InChI is InChI=1S/C19H23FN4O3/c1-3-26-15-9-10-17(27-4-2)16(11-15)24-19(21)22-12-18(25)23-14-7-5-13(20)6-8-14/h5-11H,3-4,12H2,1-2H3,(H,23,25)(H3,21,22,24). The lowest BCUT2D eigenvalue weighted by molar-refractivity contribution is -0.114. The van der Waals surface area contributed by atoms with E-state index in [-0.39, 0.29) is 24.2 Å². The number of nitrogens with zero attached hydrogens (tertiary/aromatic N) is 1. The van der Waals surface area contributed by atoms with E-state index in [1.165, 1.54) is 24.3 Å². The number of halogens is 1. The number of anilines is 2. The van der Waals surface area contributed by atoms with E-state index in [1.54, 1.807) is 18.2 Å². The molecule has 0 aliphatic rings. The van der Waals surface area contributed by atoms with Crippen LogP contribution in [0.25, 0.3) is 0 Å². The molecule has 0 heterocycles. The molecule has 0 unspecified atom stereocenters. The van der Waals surface area contributed by atoms with Gasteiger partial charge in [-0.2, -0.15) is 0 Å². The predicted molar refractivity (Wildman–Crippen MR) is 104 cm³/mol. The van der Waals surface area contributed by atoms with E-state index in [4.69, 9.17) is 15.2 Å². The highest BCUT2D eigenvalue weighted by atomic mass is 19.1. The van der Waals surface area contributed by atoms with Gasteiger partial charge in [0.2, 0.25) is 5.91 Å². The van der Waals surface area contributed by atoms with Crippen molar-refractivity contribution in [3.8, 4) is 11.5 Å². The summed E-state index contributed by atoms with van der Waals surface area (Å²) in [5, 5.41) is 5.52. The van der Waals surface area contributed by atoms with E-state index in [9.17, 15) is 9.18 Å². The minimum Gasteiger partial charge on any atom is -0.494 e. The molecule has 4 N–H and O–H groups in total. The molecular weight excluding hydrogens is 351 g/mol. The normalized spacial score (nSPS) is 11.0. The number of benzene rings is 2. The summed E-state index contributed by atoms with van der Waals surface area (Å²) >= 11 is 0. The summed E-state index contributed by atoms with van der Waals surface area (Å²) in [6.07, 6.45) is 0. The highest BCUT2D eigenvalue weighted by Gasteiger charge is 2.08. The smallest absolute Gasteiger partial charge is 0.246 e. The number of aliphatic imine (C=N–C) groups is 1. The molecule has 8 heteroatoms. The van der Waals surface area contributed by atoms with Gasteiger partial charge in [-0.15, -0.1) is 0 Å². The first-order chi connectivity index (χ1) is 13.0. The molecule has 2 aromatic rings. The Morgan fingerprint density at radius 2 is 1.78 bits per heavy atom. The van der Waals surface area contributed by atoms with E-state index in [0.717, 1.165) is 0 Å². The Balaban J connectivity index is 2.00. The summed E-state index contributed by atoms with van der Waals surface area (Å²) < 4.78 is 23.9. The van der Waals surface area contributed by atoms with Crippen LogP contribution in [-0.4, -0.2) is 31.6 Å². The number of hydrogen-bond donors (Lipinski definition) is 3. The van der Waals surface area contributed by atoms with Gasteiger partial charge in [0.25, 0.3) is 0 Å². The van der Waals surface area contributed by atoms with Gasteiger partial charge in [0.15, 0.2) is 5.96 Å². The third kappa shape index (κ3) is 6.50. The first-order valence-electron chi connectivity index (χ1n) is 8.53. The van der Waals surface area contributed by atoms with E-state index in [0.29, 0.717) is 36.1 Å². The molecular formula is C19H23FN4O3. The number of amides is 1. The third-order valence-corrected chi connectivity index (χ3v) is 3.35. The van der Waals surface area contributed by atoms with E-state index < -0.39 is 0 Å². The second-order valence-corrected chi connectivity index (χ2v) is 5.41. The largest absolute Gasteiger partial charge is 0.494 e. The number of carbonyl (C=O) groups excluding carboxylic acids is 1. The van der Waals surface area contributed by atoms with Crippen LogP contribution < -0.4 is 25.8 Å². The maximum absolute atomic E-state index is 12.9. The van der Waals surface area contributed by atoms with Crippen molar-refractivity contribution in [2.75, 3.05) is 30.4 Å². The van der Waals surface area contributed by atoms with Crippen LogP contribution in [0.3, 0.4) is 0 Å². The molecule has 2 rings (SSSR count). The van der Waals surface area contributed by atoms with Gasteiger partial charge in [-0.25, -0.2) is 9.38 Å². The molecule has 1 amide bonds. The molecule has 7 nitrogen and oxygen atoms in total. The molecule has 144 valence electrons. The minimum atomic E-state index is -0.376. The number of nitrogens with one attached hydrogen (secondary N) is 2. The Morgan fingerprint density at radius 3 is 2.44 bits per heavy atom. The number of rotatable bonds is 8. The molecule has 0 bridgehead atoms. The minimum absolute atomic E-state index is 0.0545. The van der Waals surface area contributed by atoms with Gasteiger partial charge in [-0.3, -0.25) is 4.79 Å². The molecule has 0 fully saturated rings. The van der Waals surface area contributed by atoms with Crippen LogP contribution >= 0.6 is 0 Å². The third-order valence-electron chi connectivity index (χ3n) is 3.35. The zero-order chi connectivity index (χ0) is 19.6. The van der Waals surface area contributed by atoms with Crippen molar-refractivity contribution < 1.29 is 18.7 Å². The van der Waals surface area contributed by atoms with Gasteiger partial charge in [-0.1, -0.05) is 0 Å². The van der Waals surface area contributed by atoms with Crippen LogP contribution in [0.15, 0.2) is 47.5 Å². The molecule has 0 aliphatic heterocycles. The van der Waals surface area contributed by atoms with E-state index >= 15 is 0 Å². The molecule has 0 radical (unpaired) electrons. The lowest BCUT2D eigenvalue weighted by Crippen LogP contribution is -2.25. The number of hydrogen-bond acceptors (Lipinski definition) is 4.